The van der Waals surface area contributed by atoms with Gasteiger partial charge >= 0.3 is 0 Å². The standard InChI is InChI=1S/C23H27N5O2S/c1-15(2)18-7-5-6-8-19(18)25-22(30)14-31-23-27-26-20(28(23)4)13-21(29)24-17-11-9-16(3)10-12-17/h5-12,15H,13-14H2,1-4H3,(H,24,29)(H,25,30). The first-order valence-corrected chi connectivity index (χ1v) is 11.1. The third-order valence-corrected chi connectivity index (χ3v) is 5.79. The van der Waals surface area contributed by atoms with Crippen molar-refractivity contribution in [3.63, 3.8) is 0 Å². The summed E-state index contributed by atoms with van der Waals surface area (Å²) in [4.78, 5) is 24.8. The minimum absolute atomic E-state index is 0.103. The van der Waals surface area contributed by atoms with Crippen molar-refractivity contribution in [3.05, 3.63) is 65.5 Å². The highest BCUT2D eigenvalue weighted by molar-refractivity contribution is 7.99. The molecule has 0 saturated carbocycles. The number of thioether (sulfide) groups is 1. The SMILES string of the molecule is Cc1ccc(NC(=O)Cc2nnc(SCC(=O)Nc3ccccc3C(C)C)n2C)cc1. The lowest BCUT2D eigenvalue weighted by Gasteiger charge is -2.13. The minimum Gasteiger partial charge on any atom is -0.326 e. The van der Waals surface area contributed by atoms with Crippen LogP contribution in [0, 0.1) is 6.92 Å². The molecule has 8 heteroatoms. The van der Waals surface area contributed by atoms with Crippen LogP contribution in [0.1, 0.15) is 36.7 Å². The number of nitrogens with one attached hydrogen (secondary N) is 2. The van der Waals surface area contributed by atoms with Gasteiger partial charge in [-0.25, -0.2) is 0 Å². The fraction of sp³-hybridized carbons (Fsp3) is 0.304. The van der Waals surface area contributed by atoms with Crippen LogP contribution in [-0.4, -0.2) is 32.3 Å². The monoisotopic (exact) mass is 437 g/mol. The zero-order valence-electron chi connectivity index (χ0n) is 18.2. The van der Waals surface area contributed by atoms with Gasteiger partial charge in [-0.15, -0.1) is 10.2 Å². The summed E-state index contributed by atoms with van der Waals surface area (Å²) in [7, 11) is 1.79. The van der Waals surface area contributed by atoms with Crippen LogP contribution in [0.2, 0.25) is 0 Å². The first-order chi connectivity index (χ1) is 14.8. The summed E-state index contributed by atoms with van der Waals surface area (Å²) >= 11 is 1.29. The molecule has 0 saturated heterocycles. The highest BCUT2D eigenvalue weighted by Crippen LogP contribution is 2.24. The van der Waals surface area contributed by atoms with E-state index >= 15 is 0 Å². The molecule has 0 spiro atoms. The second-order valence-corrected chi connectivity index (χ2v) is 8.57. The van der Waals surface area contributed by atoms with Gasteiger partial charge in [-0.3, -0.25) is 9.59 Å². The van der Waals surface area contributed by atoms with Crippen molar-refractivity contribution in [1.29, 1.82) is 0 Å². The molecular weight excluding hydrogens is 410 g/mol. The maximum absolute atomic E-state index is 12.4. The Morgan fingerprint density at radius 2 is 1.71 bits per heavy atom. The number of carbonyl (C=O) groups is 2. The number of hydrogen-bond acceptors (Lipinski definition) is 5. The lowest BCUT2D eigenvalue weighted by Crippen LogP contribution is -2.17. The maximum atomic E-state index is 12.4. The second kappa shape index (κ2) is 10.3. The first kappa shape index (κ1) is 22.6. The van der Waals surface area contributed by atoms with E-state index in [-0.39, 0.29) is 24.0 Å². The lowest BCUT2D eigenvalue weighted by atomic mass is 10.0. The van der Waals surface area contributed by atoms with Gasteiger partial charge < -0.3 is 15.2 Å². The summed E-state index contributed by atoms with van der Waals surface area (Å²) in [5, 5.41) is 14.7. The molecule has 7 nitrogen and oxygen atoms in total. The number of benzene rings is 2. The number of rotatable bonds is 8. The molecule has 2 aromatic carbocycles. The highest BCUT2D eigenvalue weighted by Gasteiger charge is 2.15. The van der Waals surface area contributed by atoms with Crippen LogP contribution in [0.15, 0.2) is 53.7 Å². The molecule has 0 atom stereocenters. The van der Waals surface area contributed by atoms with Crippen LogP contribution < -0.4 is 10.6 Å². The summed E-state index contributed by atoms with van der Waals surface area (Å²) in [5.74, 6) is 0.779. The number of aryl methyl sites for hydroxylation is 1. The fourth-order valence-corrected chi connectivity index (χ4v) is 3.77. The van der Waals surface area contributed by atoms with Gasteiger partial charge in [0.2, 0.25) is 11.8 Å². The Balaban J connectivity index is 1.55. The molecule has 2 amide bonds. The Morgan fingerprint density at radius 1 is 1.00 bits per heavy atom. The third kappa shape index (κ3) is 6.18. The van der Waals surface area contributed by atoms with E-state index < -0.39 is 0 Å². The van der Waals surface area contributed by atoms with E-state index in [0.29, 0.717) is 16.9 Å². The number of aromatic nitrogens is 3. The molecule has 0 unspecified atom stereocenters. The molecular formula is C23H27N5O2S. The average Bonchev–Trinajstić information content (AvgIpc) is 3.07. The maximum Gasteiger partial charge on any atom is 0.234 e. The smallest absolute Gasteiger partial charge is 0.234 e. The molecule has 1 aromatic heterocycles. The number of anilines is 2. The lowest BCUT2D eigenvalue weighted by molar-refractivity contribution is -0.116. The normalized spacial score (nSPS) is 10.9. The van der Waals surface area contributed by atoms with Gasteiger partial charge in [0.05, 0.1) is 12.2 Å². The predicted octanol–water partition coefficient (Wildman–Crippen LogP) is 4.16. The second-order valence-electron chi connectivity index (χ2n) is 7.63. The van der Waals surface area contributed by atoms with E-state index in [4.69, 9.17) is 0 Å². The summed E-state index contributed by atoms with van der Waals surface area (Å²) in [6.45, 7) is 6.18. The molecule has 3 aromatic rings. The van der Waals surface area contributed by atoms with Crippen molar-refractivity contribution in [2.45, 2.75) is 38.3 Å². The van der Waals surface area contributed by atoms with Gasteiger partial charge in [0.1, 0.15) is 5.82 Å². The largest absolute Gasteiger partial charge is 0.326 e. The van der Waals surface area contributed by atoms with Gasteiger partial charge in [-0.1, -0.05) is 61.5 Å². The Morgan fingerprint density at radius 3 is 2.42 bits per heavy atom. The summed E-state index contributed by atoms with van der Waals surface area (Å²) in [6, 6.07) is 15.4. The molecule has 0 aliphatic carbocycles. The van der Waals surface area contributed by atoms with Gasteiger partial charge in [-0.05, 0) is 36.6 Å². The van der Waals surface area contributed by atoms with Crippen LogP contribution in [0.4, 0.5) is 11.4 Å². The summed E-state index contributed by atoms with van der Waals surface area (Å²) < 4.78 is 1.74. The average molecular weight is 438 g/mol. The van der Waals surface area contributed by atoms with Gasteiger partial charge in [0.15, 0.2) is 5.16 Å². The van der Waals surface area contributed by atoms with Gasteiger partial charge in [0, 0.05) is 18.4 Å². The molecule has 31 heavy (non-hydrogen) atoms. The Kier molecular flexibility index (Phi) is 7.46. The van der Waals surface area contributed by atoms with Crippen molar-refractivity contribution in [3.8, 4) is 0 Å². The number of para-hydroxylation sites is 1. The zero-order chi connectivity index (χ0) is 22.4. The van der Waals surface area contributed by atoms with Gasteiger partial charge in [0.25, 0.3) is 0 Å². The molecule has 1 heterocycles. The molecule has 3 rings (SSSR count). The van der Waals surface area contributed by atoms with Crippen molar-refractivity contribution in [2.75, 3.05) is 16.4 Å². The van der Waals surface area contributed by atoms with E-state index in [1.165, 1.54) is 11.8 Å². The predicted molar refractivity (Wildman–Crippen MR) is 124 cm³/mol. The number of amides is 2. The topological polar surface area (TPSA) is 88.9 Å². The molecule has 162 valence electrons. The van der Waals surface area contributed by atoms with Crippen molar-refractivity contribution >= 4 is 35.0 Å². The van der Waals surface area contributed by atoms with E-state index in [0.717, 1.165) is 22.5 Å². The third-order valence-electron chi connectivity index (χ3n) is 4.77. The number of carbonyl (C=O) groups excluding carboxylic acids is 2. The summed E-state index contributed by atoms with van der Waals surface area (Å²) in [6.07, 6.45) is 0.103. The number of hydrogen-bond donors (Lipinski definition) is 2. The Bertz CT molecular complexity index is 1060. The molecule has 2 N–H and O–H groups in total. The Hall–Kier alpha value is -3.13. The molecule has 0 bridgehead atoms. The Labute approximate surface area is 186 Å². The highest BCUT2D eigenvalue weighted by atomic mass is 32.2. The number of nitrogens with zero attached hydrogens (tertiary/aromatic N) is 3. The fourth-order valence-electron chi connectivity index (χ4n) is 3.04. The van der Waals surface area contributed by atoms with Crippen LogP contribution in [0.5, 0.6) is 0 Å². The van der Waals surface area contributed by atoms with E-state index in [1.807, 2.05) is 55.5 Å². The van der Waals surface area contributed by atoms with Crippen LogP contribution in [-0.2, 0) is 23.1 Å². The van der Waals surface area contributed by atoms with E-state index in [1.54, 1.807) is 11.6 Å². The summed E-state index contributed by atoms with van der Waals surface area (Å²) in [5.41, 5.74) is 3.80. The van der Waals surface area contributed by atoms with Crippen LogP contribution in [0.3, 0.4) is 0 Å². The van der Waals surface area contributed by atoms with E-state index in [2.05, 4.69) is 34.7 Å². The molecule has 0 radical (unpaired) electrons. The molecule has 0 aliphatic heterocycles. The van der Waals surface area contributed by atoms with Crippen LogP contribution in [0.25, 0.3) is 0 Å². The minimum atomic E-state index is -0.168. The van der Waals surface area contributed by atoms with Crippen LogP contribution >= 0.6 is 11.8 Å². The molecule has 0 fully saturated rings. The first-order valence-electron chi connectivity index (χ1n) is 10.1. The van der Waals surface area contributed by atoms with Crippen molar-refractivity contribution in [2.24, 2.45) is 7.05 Å². The van der Waals surface area contributed by atoms with E-state index in [9.17, 15) is 9.59 Å². The van der Waals surface area contributed by atoms with Crippen molar-refractivity contribution in [1.82, 2.24) is 14.8 Å². The van der Waals surface area contributed by atoms with Crippen molar-refractivity contribution < 1.29 is 9.59 Å². The van der Waals surface area contributed by atoms with Gasteiger partial charge in [-0.2, -0.15) is 0 Å². The quantitative estimate of drug-likeness (QED) is 0.517. The molecule has 0 aliphatic rings. The zero-order valence-corrected chi connectivity index (χ0v) is 19.0.